The molecule has 0 spiro atoms. The quantitative estimate of drug-likeness (QED) is 0.538. The van der Waals surface area contributed by atoms with Gasteiger partial charge in [0.15, 0.2) is 4.80 Å². The van der Waals surface area contributed by atoms with Gasteiger partial charge in [-0.05, 0) is 55.7 Å². The summed E-state index contributed by atoms with van der Waals surface area (Å²) in [7, 11) is 0. The number of thioether (sulfide) groups is 1. The molecule has 26 heavy (non-hydrogen) atoms. The number of benzene rings is 2. The lowest BCUT2D eigenvalue weighted by atomic mass is 10.1. The molecular formula is C21H24N2OS2. The predicted octanol–water partition coefficient (Wildman–Crippen LogP) is 5.34. The van der Waals surface area contributed by atoms with Gasteiger partial charge in [0.1, 0.15) is 0 Å². The fraction of sp³-hybridized carbons (Fsp3) is 0.333. The van der Waals surface area contributed by atoms with Crippen LogP contribution in [0.1, 0.15) is 30.9 Å². The second-order valence-corrected chi connectivity index (χ2v) is 8.53. The first-order chi connectivity index (χ1) is 12.6. The highest BCUT2D eigenvalue weighted by Gasteiger charge is 2.09. The number of fused-ring (bicyclic) bond motifs is 1. The molecule has 1 aromatic heterocycles. The Morgan fingerprint density at radius 1 is 1.15 bits per heavy atom. The highest BCUT2D eigenvalue weighted by atomic mass is 32.2. The van der Waals surface area contributed by atoms with Crippen LogP contribution in [0.5, 0.6) is 0 Å². The van der Waals surface area contributed by atoms with E-state index in [9.17, 15) is 4.79 Å². The summed E-state index contributed by atoms with van der Waals surface area (Å²) < 4.78 is 3.39. The molecule has 0 atom stereocenters. The van der Waals surface area contributed by atoms with Gasteiger partial charge in [0.05, 0.1) is 10.2 Å². The molecule has 136 valence electrons. The molecule has 3 nitrogen and oxygen atoms in total. The average Bonchev–Trinajstić information content (AvgIpc) is 2.93. The number of amides is 1. The number of rotatable bonds is 6. The van der Waals surface area contributed by atoms with Gasteiger partial charge in [-0.1, -0.05) is 36.5 Å². The number of nitrogens with zero attached hydrogens (tertiary/aromatic N) is 2. The van der Waals surface area contributed by atoms with E-state index in [0.717, 1.165) is 23.5 Å². The van der Waals surface area contributed by atoms with Gasteiger partial charge in [-0.2, -0.15) is 4.99 Å². The zero-order valence-corrected chi connectivity index (χ0v) is 17.1. The van der Waals surface area contributed by atoms with Crippen LogP contribution in [0.3, 0.4) is 0 Å². The molecule has 0 N–H and O–H groups in total. The molecule has 0 saturated carbocycles. The van der Waals surface area contributed by atoms with Crippen molar-refractivity contribution in [2.24, 2.45) is 4.99 Å². The minimum Gasteiger partial charge on any atom is -0.316 e. The van der Waals surface area contributed by atoms with Crippen molar-refractivity contribution in [3.63, 3.8) is 0 Å². The van der Waals surface area contributed by atoms with Crippen molar-refractivity contribution < 1.29 is 4.79 Å². The zero-order valence-electron chi connectivity index (χ0n) is 15.5. The van der Waals surface area contributed by atoms with Crippen molar-refractivity contribution in [2.75, 3.05) is 5.75 Å². The molecule has 0 radical (unpaired) electrons. The van der Waals surface area contributed by atoms with E-state index in [0.29, 0.717) is 6.42 Å². The summed E-state index contributed by atoms with van der Waals surface area (Å²) in [4.78, 5) is 18.8. The molecule has 1 heterocycles. The molecule has 1 amide bonds. The summed E-state index contributed by atoms with van der Waals surface area (Å²) in [6.45, 7) is 7.29. The van der Waals surface area contributed by atoms with Crippen molar-refractivity contribution in [3.8, 4) is 0 Å². The molecular weight excluding hydrogens is 360 g/mol. The number of thiazole rings is 1. The van der Waals surface area contributed by atoms with Gasteiger partial charge in [-0.3, -0.25) is 4.79 Å². The molecule has 0 fully saturated rings. The summed E-state index contributed by atoms with van der Waals surface area (Å²) in [5.41, 5.74) is 3.74. The van der Waals surface area contributed by atoms with Gasteiger partial charge in [0.2, 0.25) is 5.91 Å². The average molecular weight is 385 g/mol. The van der Waals surface area contributed by atoms with Crippen LogP contribution in [0.2, 0.25) is 0 Å². The van der Waals surface area contributed by atoms with E-state index in [1.807, 2.05) is 18.2 Å². The Bertz CT molecular complexity index is 971. The third-order valence-electron chi connectivity index (χ3n) is 4.29. The number of aromatic nitrogens is 1. The first kappa shape index (κ1) is 18.9. The van der Waals surface area contributed by atoms with E-state index >= 15 is 0 Å². The monoisotopic (exact) mass is 384 g/mol. The summed E-state index contributed by atoms with van der Waals surface area (Å²) in [6.07, 6.45) is 1.47. The Morgan fingerprint density at radius 3 is 2.62 bits per heavy atom. The fourth-order valence-electron chi connectivity index (χ4n) is 2.78. The van der Waals surface area contributed by atoms with E-state index in [-0.39, 0.29) is 5.91 Å². The summed E-state index contributed by atoms with van der Waals surface area (Å²) in [5, 5.41) is 0. The minimum atomic E-state index is -0.0433. The smallest absolute Gasteiger partial charge is 0.249 e. The molecule has 0 unspecified atom stereocenters. The lowest BCUT2D eigenvalue weighted by Crippen LogP contribution is -2.17. The SMILES string of the molecule is CCCn1c(=NC(=O)CCSc2ccccc2)sc2cc(C)c(C)cc21. The van der Waals surface area contributed by atoms with Gasteiger partial charge in [-0.15, -0.1) is 11.8 Å². The number of aryl methyl sites for hydroxylation is 3. The highest BCUT2D eigenvalue weighted by Crippen LogP contribution is 2.22. The highest BCUT2D eigenvalue weighted by molar-refractivity contribution is 7.99. The van der Waals surface area contributed by atoms with Gasteiger partial charge in [-0.25, -0.2) is 0 Å². The van der Waals surface area contributed by atoms with Crippen LogP contribution in [0.15, 0.2) is 52.4 Å². The summed E-state index contributed by atoms with van der Waals surface area (Å²) in [6, 6.07) is 14.6. The third kappa shape index (κ3) is 4.46. The normalized spacial score (nSPS) is 12.0. The van der Waals surface area contributed by atoms with E-state index in [4.69, 9.17) is 0 Å². The van der Waals surface area contributed by atoms with Gasteiger partial charge in [0, 0.05) is 23.6 Å². The maximum absolute atomic E-state index is 12.4. The van der Waals surface area contributed by atoms with Gasteiger partial charge < -0.3 is 4.57 Å². The number of carbonyl (C=O) groups is 1. The van der Waals surface area contributed by atoms with Crippen LogP contribution in [-0.2, 0) is 11.3 Å². The van der Waals surface area contributed by atoms with E-state index in [1.54, 1.807) is 23.1 Å². The van der Waals surface area contributed by atoms with E-state index < -0.39 is 0 Å². The van der Waals surface area contributed by atoms with E-state index in [1.165, 1.54) is 26.2 Å². The number of hydrogen-bond donors (Lipinski definition) is 0. The third-order valence-corrected chi connectivity index (χ3v) is 6.35. The fourth-order valence-corrected chi connectivity index (χ4v) is 4.80. The molecule has 3 aromatic rings. The maximum atomic E-state index is 12.4. The second kappa shape index (κ2) is 8.69. The topological polar surface area (TPSA) is 34.4 Å². The van der Waals surface area contributed by atoms with Crippen LogP contribution in [-0.4, -0.2) is 16.2 Å². The Balaban J connectivity index is 1.81. The molecule has 0 aliphatic carbocycles. The first-order valence-electron chi connectivity index (χ1n) is 8.94. The van der Waals surface area contributed by atoms with Crippen molar-refractivity contribution in [2.45, 2.75) is 45.1 Å². The molecule has 0 bridgehead atoms. The van der Waals surface area contributed by atoms with Crippen molar-refractivity contribution >= 4 is 39.2 Å². The standard InChI is InChI=1S/C21H24N2OS2/c1-4-11-23-18-13-15(2)16(3)14-19(18)26-21(23)22-20(24)10-12-25-17-8-6-5-7-9-17/h5-9,13-14H,4,10-12H2,1-3H3. The maximum Gasteiger partial charge on any atom is 0.249 e. The second-order valence-electron chi connectivity index (χ2n) is 6.36. The molecule has 3 rings (SSSR count). The first-order valence-corrected chi connectivity index (χ1v) is 10.7. The van der Waals surface area contributed by atoms with Crippen LogP contribution >= 0.6 is 23.1 Å². The van der Waals surface area contributed by atoms with Gasteiger partial charge >= 0.3 is 0 Å². The largest absolute Gasteiger partial charge is 0.316 e. The van der Waals surface area contributed by atoms with Crippen LogP contribution in [0, 0.1) is 13.8 Å². The zero-order chi connectivity index (χ0) is 18.5. The number of hydrogen-bond acceptors (Lipinski definition) is 3. The van der Waals surface area contributed by atoms with E-state index in [2.05, 4.69) is 54.6 Å². The van der Waals surface area contributed by atoms with Crippen LogP contribution < -0.4 is 4.80 Å². The molecule has 5 heteroatoms. The number of carbonyl (C=O) groups excluding carboxylic acids is 1. The Kier molecular flexibility index (Phi) is 6.33. The van der Waals surface area contributed by atoms with Gasteiger partial charge in [0.25, 0.3) is 0 Å². The predicted molar refractivity (Wildman–Crippen MR) is 112 cm³/mol. The summed E-state index contributed by atoms with van der Waals surface area (Å²) >= 11 is 3.31. The molecule has 2 aromatic carbocycles. The molecule has 0 saturated heterocycles. The lowest BCUT2D eigenvalue weighted by molar-refractivity contribution is -0.117. The lowest BCUT2D eigenvalue weighted by Gasteiger charge is -2.05. The minimum absolute atomic E-state index is 0.0433. The Hall–Kier alpha value is -1.85. The van der Waals surface area contributed by atoms with Crippen molar-refractivity contribution in [3.05, 3.63) is 58.4 Å². The van der Waals surface area contributed by atoms with Crippen molar-refractivity contribution in [1.29, 1.82) is 0 Å². The molecule has 0 aliphatic rings. The summed E-state index contributed by atoms with van der Waals surface area (Å²) in [5.74, 6) is 0.710. The van der Waals surface area contributed by atoms with Crippen molar-refractivity contribution in [1.82, 2.24) is 4.57 Å². The Labute approximate surface area is 162 Å². The Morgan fingerprint density at radius 2 is 1.88 bits per heavy atom. The molecule has 0 aliphatic heterocycles. The van der Waals surface area contributed by atoms with Crippen LogP contribution in [0.25, 0.3) is 10.2 Å². The van der Waals surface area contributed by atoms with Crippen LogP contribution in [0.4, 0.5) is 0 Å².